The molecule has 0 aromatic carbocycles. The summed E-state index contributed by atoms with van der Waals surface area (Å²) in [4.78, 5) is 15.7. The van der Waals surface area contributed by atoms with Gasteiger partial charge in [-0.25, -0.2) is 0 Å². The Hall–Kier alpha value is -1.44. The molecule has 0 bridgehead atoms. The lowest BCUT2D eigenvalue weighted by Crippen LogP contribution is -2.53. The molecular formula is C22H38N4O3. The second kappa shape index (κ2) is 10.0. The highest BCUT2D eigenvalue weighted by Gasteiger charge is 2.41. The summed E-state index contributed by atoms with van der Waals surface area (Å²) in [5.41, 5.74) is 0.489. The Labute approximate surface area is 174 Å². The number of carbonyl (C=O) groups is 1. The number of hydrogen-bond acceptors (Lipinski definition) is 6. The van der Waals surface area contributed by atoms with Gasteiger partial charge in [0, 0.05) is 56.7 Å². The summed E-state index contributed by atoms with van der Waals surface area (Å²) < 4.78 is 11.1. The van der Waals surface area contributed by atoms with E-state index in [0.29, 0.717) is 44.1 Å². The van der Waals surface area contributed by atoms with Crippen LogP contribution in [0.3, 0.4) is 0 Å². The van der Waals surface area contributed by atoms with Gasteiger partial charge in [-0.3, -0.25) is 9.69 Å². The number of rotatable bonds is 9. The van der Waals surface area contributed by atoms with Crippen molar-refractivity contribution in [3.05, 3.63) is 17.5 Å². The summed E-state index contributed by atoms with van der Waals surface area (Å²) in [6.45, 7) is 13.5. The van der Waals surface area contributed by atoms with Crippen LogP contribution in [0.1, 0.15) is 64.3 Å². The highest BCUT2D eigenvalue weighted by Crippen LogP contribution is 2.33. The topological polar surface area (TPSA) is 79.6 Å². The molecular weight excluding hydrogens is 368 g/mol. The smallest absolute Gasteiger partial charge is 0.228 e. The van der Waals surface area contributed by atoms with Gasteiger partial charge in [-0.1, -0.05) is 5.16 Å². The number of carbonyl (C=O) groups excluding carboxylic acids is 1. The van der Waals surface area contributed by atoms with E-state index in [1.807, 2.05) is 6.07 Å². The van der Waals surface area contributed by atoms with Crippen molar-refractivity contribution in [2.45, 2.75) is 71.4 Å². The molecule has 2 aliphatic heterocycles. The van der Waals surface area contributed by atoms with Gasteiger partial charge in [0.15, 0.2) is 0 Å². The zero-order chi connectivity index (χ0) is 20.9. The van der Waals surface area contributed by atoms with Crippen LogP contribution in [0.25, 0.3) is 0 Å². The normalized spacial score (nSPS) is 25.3. The van der Waals surface area contributed by atoms with Crippen molar-refractivity contribution in [1.82, 2.24) is 20.7 Å². The molecule has 1 aromatic rings. The Balaban J connectivity index is 1.62. The fraction of sp³-hybridized carbons (Fsp3) is 0.818. The van der Waals surface area contributed by atoms with Crippen molar-refractivity contribution in [2.75, 3.05) is 39.4 Å². The van der Waals surface area contributed by atoms with Gasteiger partial charge in [-0.05, 0) is 53.5 Å². The minimum absolute atomic E-state index is 0.124. The first-order chi connectivity index (χ1) is 13.9. The van der Waals surface area contributed by atoms with E-state index >= 15 is 0 Å². The van der Waals surface area contributed by atoms with Gasteiger partial charge < -0.3 is 19.9 Å². The average Bonchev–Trinajstić information content (AvgIpc) is 3.36. The third-order valence-electron chi connectivity index (χ3n) is 6.37. The monoisotopic (exact) mass is 406 g/mol. The lowest BCUT2D eigenvalue weighted by molar-refractivity contribution is -0.132. The number of nitrogens with one attached hydrogen (secondary N) is 2. The first-order valence-electron chi connectivity index (χ1n) is 11.2. The zero-order valence-corrected chi connectivity index (χ0v) is 18.5. The summed E-state index contributed by atoms with van der Waals surface area (Å²) in [6.07, 6.45) is 3.44. The highest BCUT2D eigenvalue weighted by molar-refractivity contribution is 5.83. The molecule has 2 atom stereocenters. The number of ether oxygens (including phenoxy) is 1. The molecule has 3 rings (SSSR count). The van der Waals surface area contributed by atoms with Gasteiger partial charge in [0.25, 0.3) is 0 Å². The summed E-state index contributed by atoms with van der Waals surface area (Å²) in [6, 6.07) is 2.95. The Morgan fingerprint density at radius 3 is 2.79 bits per heavy atom. The van der Waals surface area contributed by atoms with Gasteiger partial charge in [0.1, 0.15) is 5.76 Å². The molecule has 0 saturated carbocycles. The fourth-order valence-corrected chi connectivity index (χ4v) is 4.70. The van der Waals surface area contributed by atoms with Crippen LogP contribution in [-0.2, 0) is 16.0 Å². The maximum absolute atomic E-state index is 13.3. The minimum Gasteiger partial charge on any atom is -0.381 e. The number of piperidine rings is 1. The Morgan fingerprint density at radius 2 is 2.17 bits per heavy atom. The summed E-state index contributed by atoms with van der Waals surface area (Å²) in [7, 11) is 0. The SMILES string of the molecule is CC(C)N(CCNC(=O)[C@@]1(Cc2cc([C@@H]3CCOC3)no2)CCCNC1)C(C)C. The first kappa shape index (κ1) is 22.2. The van der Waals surface area contributed by atoms with Crippen LogP contribution in [0.4, 0.5) is 0 Å². The lowest BCUT2D eigenvalue weighted by atomic mass is 9.76. The molecule has 0 spiro atoms. The maximum atomic E-state index is 13.3. The second-order valence-electron chi connectivity index (χ2n) is 9.20. The van der Waals surface area contributed by atoms with E-state index in [1.54, 1.807) is 0 Å². The van der Waals surface area contributed by atoms with Gasteiger partial charge in [-0.2, -0.15) is 0 Å². The van der Waals surface area contributed by atoms with E-state index in [0.717, 1.165) is 50.4 Å². The van der Waals surface area contributed by atoms with Crippen molar-refractivity contribution < 1.29 is 14.1 Å². The van der Waals surface area contributed by atoms with Gasteiger partial charge in [0.2, 0.25) is 5.91 Å². The first-order valence-corrected chi connectivity index (χ1v) is 11.2. The van der Waals surface area contributed by atoms with Crippen molar-refractivity contribution >= 4 is 5.91 Å². The largest absolute Gasteiger partial charge is 0.381 e. The van der Waals surface area contributed by atoms with E-state index < -0.39 is 5.41 Å². The summed E-state index contributed by atoms with van der Waals surface area (Å²) in [5.74, 6) is 1.25. The van der Waals surface area contributed by atoms with Gasteiger partial charge in [0.05, 0.1) is 17.7 Å². The summed E-state index contributed by atoms with van der Waals surface area (Å²) in [5, 5.41) is 10.9. The van der Waals surface area contributed by atoms with Crippen LogP contribution < -0.4 is 10.6 Å². The Morgan fingerprint density at radius 1 is 1.38 bits per heavy atom. The predicted octanol–water partition coefficient (Wildman–Crippen LogP) is 2.33. The molecule has 0 unspecified atom stereocenters. The maximum Gasteiger partial charge on any atom is 0.228 e. The third kappa shape index (κ3) is 5.58. The molecule has 2 N–H and O–H groups in total. The number of aromatic nitrogens is 1. The van der Waals surface area contributed by atoms with Crippen molar-refractivity contribution in [3.63, 3.8) is 0 Å². The van der Waals surface area contributed by atoms with E-state index in [9.17, 15) is 4.79 Å². The molecule has 164 valence electrons. The fourth-order valence-electron chi connectivity index (χ4n) is 4.70. The van der Waals surface area contributed by atoms with Gasteiger partial charge in [-0.15, -0.1) is 0 Å². The van der Waals surface area contributed by atoms with Crippen LogP contribution >= 0.6 is 0 Å². The zero-order valence-electron chi connectivity index (χ0n) is 18.5. The van der Waals surface area contributed by atoms with E-state index in [1.165, 1.54) is 0 Å². The second-order valence-corrected chi connectivity index (χ2v) is 9.20. The minimum atomic E-state index is -0.471. The predicted molar refractivity (Wildman–Crippen MR) is 113 cm³/mol. The number of amides is 1. The van der Waals surface area contributed by atoms with Crippen LogP contribution in [0.15, 0.2) is 10.6 Å². The molecule has 0 aliphatic carbocycles. The van der Waals surface area contributed by atoms with E-state index in [-0.39, 0.29) is 5.91 Å². The van der Waals surface area contributed by atoms with Crippen LogP contribution in [0.2, 0.25) is 0 Å². The lowest BCUT2D eigenvalue weighted by Gasteiger charge is -2.36. The third-order valence-corrected chi connectivity index (χ3v) is 6.37. The molecule has 0 radical (unpaired) electrons. The molecule has 1 aromatic heterocycles. The quantitative estimate of drug-likeness (QED) is 0.655. The number of nitrogens with zero attached hydrogens (tertiary/aromatic N) is 2. The van der Waals surface area contributed by atoms with Gasteiger partial charge >= 0.3 is 0 Å². The van der Waals surface area contributed by atoms with Crippen molar-refractivity contribution in [3.8, 4) is 0 Å². The van der Waals surface area contributed by atoms with Crippen LogP contribution in [-0.4, -0.2) is 67.4 Å². The Kier molecular flexibility index (Phi) is 7.71. The Bertz CT molecular complexity index is 638. The molecule has 29 heavy (non-hydrogen) atoms. The summed E-state index contributed by atoms with van der Waals surface area (Å²) >= 11 is 0. The van der Waals surface area contributed by atoms with Crippen molar-refractivity contribution in [2.24, 2.45) is 5.41 Å². The molecule has 3 heterocycles. The molecule has 1 amide bonds. The molecule has 2 saturated heterocycles. The number of hydrogen-bond donors (Lipinski definition) is 2. The molecule has 2 aliphatic rings. The van der Waals surface area contributed by atoms with E-state index in [4.69, 9.17) is 9.26 Å². The van der Waals surface area contributed by atoms with Crippen LogP contribution in [0.5, 0.6) is 0 Å². The molecule has 7 nitrogen and oxygen atoms in total. The van der Waals surface area contributed by atoms with Crippen LogP contribution in [0, 0.1) is 5.41 Å². The van der Waals surface area contributed by atoms with Crippen molar-refractivity contribution in [1.29, 1.82) is 0 Å². The molecule has 2 fully saturated rings. The average molecular weight is 407 g/mol. The standard InChI is InChI=1S/C22H38N4O3/c1-16(2)26(17(3)4)10-9-24-21(27)22(7-5-8-23-15-22)13-19-12-20(25-29-19)18-6-11-28-14-18/h12,16-18,23H,5-11,13-15H2,1-4H3,(H,24,27)/t18-,22-/m1/s1. The molecule has 7 heteroatoms. The van der Waals surface area contributed by atoms with E-state index in [2.05, 4.69) is 48.4 Å². The highest BCUT2D eigenvalue weighted by atomic mass is 16.5.